The first-order valence-electron chi connectivity index (χ1n) is 10.2. The molecular weight excluding hydrogens is 362 g/mol. The Balaban J connectivity index is 1.55. The van der Waals surface area contributed by atoms with Crippen LogP contribution >= 0.6 is 0 Å². The average molecular weight is 389 g/mol. The zero-order valence-corrected chi connectivity index (χ0v) is 17.2. The van der Waals surface area contributed by atoms with E-state index in [1.165, 1.54) is 16.6 Å². The first-order valence-corrected chi connectivity index (χ1v) is 10.2. The number of aryl methyl sites for hydroxylation is 1. The number of H-pyrrole nitrogens is 1. The van der Waals surface area contributed by atoms with Crippen molar-refractivity contribution in [3.8, 4) is 0 Å². The Bertz CT molecular complexity index is 1070. The first-order chi connectivity index (χ1) is 14.0. The zero-order chi connectivity index (χ0) is 20.5. The second kappa shape index (κ2) is 7.74. The van der Waals surface area contributed by atoms with Crippen LogP contribution in [0.2, 0.25) is 0 Å². The molecule has 29 heavy (non-hydrogen) atoms. The molecule has 1 atom stereocenters. The molecular formula is C24H27N3O2. The Hall–Kier alpha value is -3.08. The molecule has 2 N–H and O–H groups in total. The van der Waals surface area contributed by atoms with Crippen molar-refractivity contribution in [2.24, 2.45) is 5.92 Å². The number of amides is 2. The number of fused-ring (bicyclic) bond motifs is 3. The van der Waals surface area contributed by atoms with Crippen molar-refractivity contribution < 1.29 is 9.59 Å². The number of para-hydroxylation sites is 1. The highest BCUT2D eigenvalue weighted by molar-refractivity contribution is 5.98. The molecule has 0 bridgehead atoms. The lowest BCUT2D eigenvalue weighted by molar-refractivity contribution is -0.135. The minimum absolute atomic E-state index is 0.000154. The summed E-state index contributed by atoms with van der Waals surface area (Å²) in [4.78, 5) is 31.5. The summed E-state index contributed by atoms with van der Waals surface area (Å²) in [6.07, 6.45) is 0.798. The van der Waals surface area contributed by atoms with Crippen LogP contribution in [-0.2, 0) is 17.8 Å². The molecule has 0 spiro atoms. The molecule has 1 aromatic heterocycles. The highest BCUT2D eigenvalue weighted by Crippen LogP contribution is 2.28. The largest absolute Gasteiger partial charge is 0.358 e. The zero-order valence-electron chi connectivity index (χ0n) is 17.2. The van der Waals surface area contributed by atoms with E-state index in [-0.39, 0.29) is 17.7 Å². The molecule has 5 nitrogen and oxygen atoms in total. The van der Waals surface area contributed by atoms with Crippen molar-refractivity contribution in [2.45, 2.75) is 39.8 Å². The molecule has 0 radical (unpaired) electrons. The van der Waals surface area contributed by atoms with Gasteiger partial charge in [0.25, 0.3) is 5.91 Å². The van der Waals surface area contributed by atoms with Crippen LogP contribution in [0.1, 0.15) is 41.0 Å². The van der Waals surface area contributed by atoms with Crippen molar-refractivity contribution in [3.63, 3.8) is 0 Å². The minimum atomic E-state index is -0.547. The molecule has 0 saturated heterocycles. The van der Waals surface area contributed by atoms with Gasteiger partial charge in [-0.05, 0) is 30.5 Å². The molecule has 4 rings (SSSR count). The minimum Gasteiger partial charge on any atom is -0.358 e. The Labute approximate surface area is 171 Å². The molecule has 3 aromatic rings. The van der Waals surface area contributed by atoms with E-state index in [9.17, 15) is 9.59 Å². The van der Waals surface area contributed by atoms with Crippen molar-refractivity contribution in [2.75, 3.05) is 6.54 Å². The van der Waals surface area contributed by atoms with Crippen LogP contribution in [0, 0.1) is 12.8 Å². The molecule has 0 unspecified atom stereocenters. The molecule has 2 heterocycles. The highest BCUT2D eigenvalue weighted by Gasteiger charge is 2.32. The molecule has 150 valence electrons. The van der Waals surface area contributed by atoms with Gasteiger partial charge in [0.15, 0.2) is 0 Å². The van der Waals surface area contributed by atoms with Crippen LogP contribution in [0.3, 0.4) is 0 Å². The second-order valence-corrected chi connectivity index (χ2v) is 8.15. The lowest BCUT2D eigenvalue weighted by Crippen LogP contribution is -2.52. The number of carbonyl (C=O) groups excluding carboxylic acids is 2. The number of nitrogens with zero attached hydrogens (tertiary/aromatic N) is 1. The van der Waals surface area contributed by atoms with Crippen LogP contribution in [-0.4, -0.2) is 34.3 Å². The monoisotopic (exact) mass is 389 g/mol. The van der Waals surface area contributed by atoms with Crippen molar-refractivity contribution in [1.29, 1.82) is 0 Å². The Kier molecular flexibility index (Phi) is 5.14. The van der Waals surface area contributed by atoms with Gasteiger partial charge >= 0.3 is 0 Å². The number of carbonyl (C=O) groups is 2. The highest BCUT2D eigenvalue weighted by atomic mass is 16.2. The third-order valence-electron chi connectivity index (χ3n) is 5.80. The summed E-state index contributed by atoms with van der Waals surface area (Å²) in [6.45, 7) is 7.08. The van der Waals surface area contributed by atoms with E-state index in [2.05, 4.69) is 22.4 Å². The van der Waals surface area contributed by atoms with Gasteiger partial charge in [-0.2, -0.15) is 0 Å². The van der Waals surface area contributed by atoms with Gasteiger partial charge in [0.05, 0.1) is 0 Å². The maximum Gasteiger partial charge on any atom is 0.252 e. The van der Waals surface area contributed by atoms with Crippen LogP contribution in [0.25, 0.3) is 10.9 Å². The summed E-state index contributed by atoms with van der Waals surface area (Å²) in [6, 6.07) is 15.1. The fourth-order valence-corrected chi connectivity index (χ4v) is 4.11. The lowest BCUT2D eigenvalue weighted by atomic mass is 9.98. The number of nitrogens with one attached hydrogen (secondary N) is 2. The van der Waals surface area contributed by atoms with E-state index in [0.717, 1.165) is 17.5 Å². The van der Waals surface area contributed by atoms with Crippen molar-refractivity contribution in [1.82, 2.24) is 15.2 Å². The van der Waals surface area contributed by atoms with Gasteiger partial charge in [0.2, 0.25) is 5.91 Å². The van der Waals surface area contributed by atoms with Crippen molar-refractivity contribution in [3.05, 3.63) is 70.9 Å². The Morgan fingerprint density at radius 1 is 1.07 bits per heavy atom. The van der Waals surface area contributed by atoms with Gasteiger partial charge in [-0.3, -0.25) is 9.59 Å². The van der Waals surface area contributed by atoms with E-state index in [1.807, 2.05) is 56.0 Å². The summed E-state index contributed by atoms with van der Waals surface area (Å²) in [5.41, 5.74) is 5.03. The van der Waals surface area contributed by atoms with E-state index in [1.54, 1.807) is 6.07 Å². The number of hydrogen-bond donors (Lipinski definition) is 2. The van der Waals surface area contributed by atoms with Crippen LogP contribution < -0.4 is 5.32 Å². The van der Waals surface area contributed by atoms with Crippen LogP contribution in [0.5, 0.6) is 0 Å². The molecule has 0 aliphatic carbocycles. The SMILES string of the molecule is Cc1ccccc1C(=O)N[C@@H](C(=O)N1CCc2[nH]c3ccccc3c2C1)C(C)C. The Morgan fingerprint density at radius 3 is 2.55 bits per heavy atom. The number of rotatable bonds is 4. The molecule has 5 heteroatoms. The summed E-state index contributed by atoms with van der Waals surface area (Å²) in [7, 11) is 0. The van der Waals surface area contributed by atoms with Gasteiger partial charge < -0.3 is 15.2 Å². The summed E-state index contributed by atoms with van der Waals surface area (Å²) < 4.78 is 0. The molecule has 1 aliphatic heterocycles. The first kappa shape index (κ1) is 19.2. The molecule has 0 fully saturated rings. The van der Waals surface area contributed by atoms with Crippen LogP contribution in [0.4, 0.5) is 0 Å². The average Bonchev–Trinajstić information content (AvgIpc) is 3.09. The standard InChI is InChI=1S/C24H27N3O2/c1-15(2)22(26-23(28)17-9-5-4-8-16(17)3)24(29)27-13-12-21-19(14-27)18-10-6-7-11-20(18)25-21/h4-11,15,22,25H,12-14H2,1-3H3,(H,26,28)/t22-/m1/s1. The number of benzene rings is 2. The molecule has 1 aliphatic rings. The smallest absolute Gasteiger partial charge is 0.252 e. The Morgan fingerprint density at radius 2 is 1.79 bits per heavy atom. The van der Waals surface area contributed by atoms with Gasteiger partial charge in [-0.25, -0.2) is 0 Å². The number of aromatic nitrogens is 1. The summed E-state index contributed by atoms with van der Waals surface area (Å²) >= 11 is 0. The predicted molar refractivity (Wildman–Crippen MR) is 115 cm³/mol. The second-order valence-electron chi connectivity index (χ2n) is 8.15. The molecule has 0 saturated carbocycles. The van der Waals surface area contributed by atoms with E-state index >= 15 is 0 Å². The summed E-state index contributed by atoms with van der Waals surface area (Å²) in [5.74, 6) is -0.211. The van der Waals surface area contributed by atoms with Gasteiger partial charge in [-0.1, -0.05) is 50.2 Å². The normalized spacial score (nSPS) is 14.7. The maximum atomic E-state index is 13.4. The number of hydrogen-bond acceptors (Lipinski definition) is 2. The van der Waals surface area contributed by atoms with Gasteiger partial charge in [0, 0.05) is 47.2 Å². The topological polar surface area (TPSA) is 65.2 Å². The van der Waals surface area contributed by atoms with Crippen LogP contribution in [0.15, 0.2) is 48.5 Å². The van der Waals surface area contributed by atoms with Gasteiger partial charge in [0.1, 0.15) is 6.04 Å². The lowest BCUT2D eigenvalue weighted by Gasteiger charge is -2.32. The third-order valence-corrected chi connectivity index (χ3v) is 5.80. The maximum absolute atomic E-state index is 13.4. The fourth-order valence-electron chi connectivity index (χ4n) is 4.11. The number of aromatic amines is 1. The predicted octanol–water partition coefficient (Wildman–Crippen LogP) is 3.82. The van der Waals surface area contributed by atoms with E-state index < -0.39 is 6.04 Å². The van der Waals surface area contributed by atoms with Crippen molar-refractivity contribution >= 4 is 22.7 Å². The quantitative estimate of drug-likeness (QED) is 0.713. The third kappa shape index (κ3) is 3.65. The molecule has 2 aromatic carbocycles. The fraction of sp³-hybridized carbons (Fsp3) is 0.333. The van der Waals surface area contributed by atoms with E-state index in [0.29, 0.717) is 18.7 Å². The molecule has 2 amide bonds. The summed E-state index contributed by atoms with van der Waals surface area (Å²) in [5, 5.41) is 4.16. The van der Waals surface area contributed by atoms with E-state index in [4.69, 9.17) is 0 Å². The van der Waals surface area contributed by atoms with Gasteiger partial charge in [-0.15, -0.1) is 0 Å².